The Kier molecular flexibility index (Phi) is 12.1. The van der Waals surface area contributed by atoms with Crippen LogP contribution in [0.4, 0.5) is 10.5 Å². The maximum Gasteiger partial charge on any atom is 0.321 e. The molecule has 7 nitrogen and oxygen atoms in total. The van der Waals surface area contributed by atoms with Crippen LogP contribution in [0.25, 0.3) is 6.08 Å². The molecule has 1 N–H and O–H groups in total. The number of nitrogens with one attached hydrogen (secondary N) is 1. The molecule has 234 valence electrons. The van der Waals surface area contributed by atoms with Crippen LogP contribution in [-0.4, -0.2) is 79.6 Å². The van der Waals surface area contributed by atoms with E-state index >= 15 is 0 Å². The third-order valence-electron chi connectivity index (χ3n) is 8.98. The lowest BCUT2D eigenvalue weighted by molar-refractivity contribution is -0.136. The minimum Gasteiger partial charge on any atom is -0.496 e. The lowest BCUT2D eigenvalue weighted by Gasteiger charge is -2.36. The number of benzene rings is 2. The number of rotatable bonds is 11. The van der Waals surface area contributed by atoms with Gasteiger partial charge in [0.25, 0.3) is 0 Å². The Morgan fingerprint density at radius 3 is 2.21 bits per heavy atom. The van der Waals surface area contributed by atoms with E-state index in [9.17, 15) is 9.59 Å². The first kappa shape index (κ1) is 32.6. The molecule has 0 radical (unpaired) electrons. The van der Waals surface area contributed by atoms with E-state index in [2.05, 4.69) is 68.3 Å². The Morgan fingerprint density at radius 1 is 0.930 bits per heavy atom. The molecule has 2 aromatic carbocycles. The number of ether oxygens (including phenoxy) is 1. The van der Waals surface area contributed by atoms with E-state index in [1.54, 1.807) is 7.11 Å². The summed E-state index contributed by atoms with van der Waals surface area (Å²) >= 11 is 0. The molecule has 1 aliphatic heterocycles. The zero-order chi connectivity index (χ0) is 30.8. The van der Waals surface area contributed by atoms with Crippen molar-refractivity contribution in [1.82, 2.24) is 14.7 Å². The van der Waals surface area contributed by atoms with Crippen molar-refractivity contribution in [2.24, 2.45) is 5.92 Å². The highest BCUT2D eigenvalue weighted by atomic mass is 16.5. The number of methoxy groups -OCH3 is 1. The molecule has 0 unspecified atom stereocenters. The summed E-state index contributed by atoms with van der Waals surface area (Å²) < 4.78 is 5.49. The average Bonchev–Trinajstić information content (AvgIpc) is 3.03. The molecule has 1 aliphatic carbocycles. The van der Waals surface area contributed by atoms with Crippen LogP contribution >= 0.6 is 0 Å². The van der Waals surface area contributed by atoms with Crippen LogP contribution in [0.5, 0.6) is 5.75 Å². The number of piperazine rings is 1. The number of urea groups is 1. The highest BCUT2D eigenvalue weighted by Gasteiger charge is 2.27. The molecule has 1 saturated heterocycles. The molecule has 0 spiro atoms. The summed E-state index contributed by atoms with van der Waals surface area (Å²) in [7, 11) is 1.68. The summed E-state index contributed by atoms with van der Waals surface area (Å²) in [5, 5.41) is 3.27. The van der Waals surface area contributed by atoms with Gasteiger partial charge in [-0.3, -0.25) is 9.69 Å². The van der Waals surface area contributed by atoms with E-state index in [-0.39, 0.29) is 17.9 Å². The lowest BCUT2D eigenvalue weighted by Crippen LogP contribution is -2.52. The van der Waals surface area contributed by atoms with Crippen molar-refractivity contribution in [2.75, 3.05) is 58.2 Å². The van der Waals surface area contributed by atoms with Crippen molar-refractivity contribution in [3.8, 4) is 5.75 Å². The summed E-state index contributed by atoms with van der Waals surface area (Å²) in [6, 6.07) is 14.3. The maximum absolute atomic E-state index is 13.6. The van der Waals surface area contributed by atoms with Gasteiger partial charge in [0.1, 0.15) is 5.75 Å². The second-order valence-electron chi connectivity index (χ2n) is 12.6. The number of amides is 3. The molecular weight excluding hydrogens is 536 g/mol. The predicted octanol–water partition coefficient (Wildman–Crippen LogP) is 7.21. The molecule has 4 rings (SSSR count). The van der Waals surface area contributed by atoms with E-state index in [0.29, 0.717) is 38.0 Å². The van der Waals surface area contributed by atoms with Gasteiger partial charge in [0, 0.05) is 63.0 Å². The maximum atomic E-state index is 13.6. The first-order valence-electron chi connectivity index (χ1n) is 16.3. The SMILES string of the molecule is COc1ccccc1/C=C/CN(CCN1CCN(C(=O)Nc2c(C(C)C)cccc2C(C)C)CC1)C(=O)C1CCCCC1. The van der Waals surface area contributed by atoms with Crippen LogP contribution in [0, 0.1) is 5.92 Å². The van der Waals surface area contributed by atoms with Crippen LogP contribution in [0.3, 0.4) is 0 Å². The topological polar surface area (TPSA) is 65.1 Å². The normalized spacial score (nSPS) is 16.7. The van der Waals surface area contributed by atoms with Crippen molar-refractivity contribution in [1.29, 1.82) is 0 Å². The number of anilines is 1. The van der Waals surface area contributed by atoms with Crippen molar-refractivity contribution in [3.63, 3.8) is 0 Å². The minimum atomic E-state index is -0.0229. The van der Waals surface area contributed by atoms with E-state index in [1.807, 2.05) is 34.1 Å². The highest BCUT2D eigenvalue weighted by molar-refractivity contribution is 5.91. The Morgan fingerprint density at radius 2 is 1.58 bits per heavy atom. The molecule has 43 heavy (non-hydrogen) atoms. The van der Waals surface area contributed by atoms with E-state index in [4.69, 9.17) is 4.74 Å². The molecule has 0 bridgehead atoms. The minimum absolute atomic E-state index is 0.0229. The summed E-state index contributed by atoms with van der Waals surface area (Å²) in [6.07, 6.45) is 9.66. The van der Waals surface area contributed by atoms with Crippen LogP contribution in [0.1, 0.15) is 88.3 Å². The summed E-state index contributed by atoms with van der Waals surface area (Å²) in [6.45, 7) is 13.7. The van der Waals surface area contributed by atoms with Crippen LogP contribution in [-0.2, 0) is 4.79 Å². The summed E-state index contributed by atoms with van der Waals surface area (Å²) in [4.78, 5) is 33.3. The van der Waals surface area contributed by atoms with E-state index in [1.165, 1.54) is 17.5 Å². The average molecular weight is 589 g/mol. The molecular formula is C36H52N4O3. The van der Waals surface area contributed by atoms with Gasteiger partial charge in [-0.1, -0.05) is 95.5 Å². The number of hydrogen-bond acceptors (Lipinski definition) is 4. The zero-order valence-electron chi connectivity index (χ0n) is 27.0. The molecule has 7 heteroatoms. The smallest absolute Gasteiger partial charge is 0.321 e. The monoisotopic (exact) mass is 588 g/mol. The fourth-order valence-corrected chi connectivity index (χ4v) is 6.33. The molecule has 0 aromatic heterocycles. The van der Waals surface area contributed by atoms with Gasteiger partial charge in [-0.25, -0.2) is 4.79 Å². The Labute approximate surface area is 259 Å². The molecule has 1 saturated carbocycles. The number of hydrogen-bond donors (Lipinski definition) is 1. The molecule has 2 fully saturated rings. The molecule has 0 atom stereocenters. The fourth-order valence-electron chi connectivity index (χ4n) is 6.33. The van der Waals surface area contributed by atoms with Crippen LogP contribution in [0.15, 0.2) is 48.5 Å². The van der Waals surface area contributed by atoms with E-state index < -0.39 is 0 Å². The third-order valence-corrected chi connectivity index (χ3v) is 8.98. The molecule has 3 amide bonds. The van der Waals surface area contributed by atoms with Crippen LogP contribution < -0.4 is 10.1 Å². The first-order valence-corrected chi connectivity index (χ1v) is 16.3. The fraction of sp³-hybridized carbons (Fsp3) is 0.556. The van der Waals surface area contributed by atoms with Gasteiger partial charge >= 0.3 is 6.03 Å². The number of carbonyl (C=O) groups is 2. The lowest BCUT2D eigenvalue weighted by atomic mass is 9.88. The van der Waals surface area contributed by atoms with Crippen molar-refractivity contribution in [3.05, 3.63) is 65.2 Å². The van der Waals surface area contributed by atoms with Crippen LogP contribution in [0.2, 0.25) is 0 Å². The molecule has 2 aromatic rings. The van der Waals surface area contributed by atoms with Gasteiger partial charge in [-0.2, -0.15) is 0 Å². The largest absolute Gasteiger partial charge is 0.496 e. The van der Waals surface area contributed by atoms with E-state index in [0.717, 1.165) is 62.3 Å². The second kappa shape index (κ2) is 15.9. The number of carbonyl (C=O) groups excluding carboxylic acids is 2. The second-order valence-corrected chi connectivity index (χ2v) is 12.6. The quantitative estimate of drug-likeness (QED) is 0.301. The Bertz CT molecular complexity index is 1200. The number of para-hydroxylation sites is 2. The highest BCUT2D eigenvalue weighted by Crippen LogP contribution is 2.33. The standard InChI is InChI=1S/C36H52N4O3/c1-27(2)31-17-11-18-32(28(3)4)34(31)37-36(42)40-25-22-38(23-26-40)21-24-39(35(41)30-14-7-6-8-15-30)20-12-16-29-13-9-10-19-33(29)43-5/h9-13,16-19,27-28,30H,6-8,14-15,20-26H2,1-5H3,(H,37,42)/b16-12+. The first-order chi connectivity index (χ1) is 20.8. The van der Waals surface area contributed by atoms with Crippen molar-refractivity contribution in [2.45, 2.75) is 71.6 Å². The third kappa shape index (κ3) is 8.85. The summed E-state index contributed by atoms with van der Waals surface area (Å²) in [5.41, 5.74) is 4.35. The van der Waals surface area contributed by atoms with Gasteiger partial charge < -0.3 is 19.9 Å². The van der Waals surface area contributed by atoms with Crippen molar-refractivity contribution >= 4 is 23.7 Å². The number of nitrogens with zero attached hydrogens (tertiary/aromatic N) is 3. The van der Waals surface area contributed by atoms with Gasteiger partial charge in [0.15, 0.2) is 0 Å². The Hall–Kier alpha value is -3.32. The van der Waals surface area contributed by atoms with Gasteiger partial charge in [0.05, 0.1) is 7.11 Å². The zero-order valence-corrected chi connectivity index (χ0v) is 27.0. The van der Waals surface area contributed by atoms with Gasteiger partial charge in [-0.05, 0) is 41.9 Å². The molecule has 1 heterocycles. The Balaban J connectivity index is 1.34. The summed E-state index contributed by atoms with van der Waals surface area (Å²) in [5.74, 6) is 1.91. The predicted molar refractivity (Wildman–Crippen MR) is 177 cm³/mol. The van der Waals surface area contributed by atoms with Gasteiger partial charge in [0.2, 0.25) is 5.91 Å². The van der Waals surface area contributed by atoms with Gasteiger partial charge in [-0.15, -0.1) is 0 Å². The van der Waals surface area contributed by atoms with Crippen molar-refractivity contribution < 1.29 is 14.3 Å². The molecule has 2 aliphatic rings.